The number of hydrogen-bond donors (Lipinski definition) is 1. The number of anilines is 1. The third-order valence-corrected chi connectivity index (χ3v) is 4.00. The molecular formula is C12H21N5O. The molecule has 2 N–H and O–H groups in total. The molecule has 2 fully saturated rings. The van der Waals surface area contributed by atoms with Gasteiger partial charge < -0.3 is 15.1 Å². The molecule has 0 aliphatic carbocycles. The first-order valence-corrected chi connectivity index (χ1v) is 6.75. The first kappa shape index (κ1) is 11.9. The third-order valence-electron chi connectivity index (χ3n) is 4.00. The van der Waals surface area contributed by atoms with E-state index in [1.165, 1.54) is 19.4 Å². The number of rotatable bonds is 2. The first-order valence-electron chi connectivity index (χ1n) is 6.75. The van der Waals surface area contributed by atoms with E-state index in [-0.39, 0.29) is 6.04 Å². The van der Waals surface area contributed by atoms with Crippen molar-refractivity contribution < 1.29 is 4.42 Å². The summed E-state index contributed by atoms with van der Waals surface area (Å²) in [6.07, 6.45) is 2.58. The van der Waals surface area contributed by atoms with Crippen LogP contribution >= 0.6 is 0 Å². The summed E-state index contributed by atoms with van der Waals surface area (Å²) in [5.41, 5.74) is 5.75. The first-order chi connectivity index (χ1) is 8.65. The zero-order chi connectivity index (χ0) is 12.7. The molecule has 6 nitrogen and oxygen atoms in total. The van der Waals surface area contributed by atoms with Crippen LogP contribution in [0, 0.1) is 0 Å². The molecule has 2 aliphatic rings. The smallest absolute Gasteiger partial charge is 0.318 e. The van der Waals surface area contributed by atoms with Crippen LogP contribution in [0.4, 0.5) is 6.01 Å². The van der Waals surface area contributed by atoms with Gasteiger partial charge in [0.05, 0.1) is 6.04 Å². The van der Waals surface area contributed by atoms with Gasteiger partial charge in [0.15, 0.2) is 0 Å². The highest BCUT2D eigenvalue weighted by Crippen LogP contribution is 2.28. The number of aromatic nitrogens is 2. The molecule has 1 aromatic heterocycles. The van der Waals surface area contributed by atoms with E-state index in [1.54, 1.807) is 0 Å². The second kappa shape index (κ2) is 4.51. The summed E-state index contributed by atoms with van der Waals surface area (Å²) in [6.45, 7) is 7.37. The molecule has 0 radical (unpaired) electrons. The lowest BCUT2D eigenvalue weighted by atomic mass is 10.1. The molecule has 18 heavy (non-hydrogen) atoms. The van der Waals surface area contributed by atoms with E-state index < -0.39 is 0 Å². The van der Waals surface area contributed by atoms with Gasteiger partial charge in [-0.25, -0.2) is 0 Å². The van der Waals surface area contributed by atoms with Crippen LogP contribution < -0.4 is 10.6 Å². The fourth-order valence-electron chi connectivity index (χ4n) is 2.98. The molecule has 6 heteroatoms. The molecule has 0 amide bonds. The lowest BCUT2D eigenvalue weighted by molar-refractivity contribution is 0.197. The van der Waals surface area contributed by atoms with Crippen molar-refractivity contribution in [3.05, 3.63) is 5.89 Å². The molecule has 3 unspecified atom stereocenters. The summed E-state index contributed by atoms with van der Waals surface area (Å²) >= 11 is 0. The third kappa shape index (κ3) is 1.99. The lowest BCUT2D eigenvalue weighted by Gasteiger charge is -2.41. The van der Waals surface area contributed by atoms with E-state index in [1.807, 2.05) is 6.92 Å². The van der Waals surface area contributed by atoms with Crippen molar-refractivity contribution in [1.82, 2.24) is 15.1 Å². The van der Waals surface area contributed by atoms with Crippen LogP contribution in [0.3, 0.4) is 0 Å². The quantitative estimate of drug-likeness (QED) is 0.837. The SMILES string of the molecule is CC(N)c1nnc(N2CC3CCCN3CC2C)o1. The maximum absolute atomic E-state index is 5.75. The second-order valence-corrected chi connectivity index (χ2v) is 5.50. The summed E-state index contributed by atoms with van der Waals surface area (Å²) in [6, 6.07) is 1.49. The van der Waals surface area contributed by atoms with Gasteiger partial charge in [-0.05, 0) is 33.2 Å². The molecule has 1 aromatic rings. The number of nitrogens with two attached hydrogens (primary N) is 1. The molecule has 3 heterocycles. The summed E-state index contributed by atoms with van der Waals surface area (Å²) in [7, 11) is 0. The van der Waals surface area contributed by atoms with Crippen LogP contribution in [0.15, 0.2) is 4.42 Å². The Labute approximate surface area is 107 Å². The molecule has 100 valence electrons. The number of nitrogens with zero attached hydrogens (tertiary/aromatic N) is 4. The fourth-order valence-corrected chi connectivity index (χ4v) is 2.98. The number of fused-ring (bicyclic) bond motifs is 1. The molecule has 0 spiro atoms. The Morgan fingerprint density at radius 1 is 1.39 bits per heavy atom. The van der Waals surface area contributed by atoms with Gasteiger partial charge in [-0.15, -0.1) is 5.10 Å². The van der Waals surface area contributed by atoms with Crippen molar-refractivity contribution in [1.29, 1.82) is 0 Å². The predicted octanol–water partition coefficient (Wildman–Crippen LogP) is 0.762. The van der Waals surface area contributed by atoms with Gasteiger partial charge in [-0.1, -0.05) is 5.10 Å². The highest BCUT2D eigenvalue weighted by Gasteiger charge is 2.36. The highest BCUT2D eigenvalue weighted by molar-refractivity contribution is 5.29. The van der Waals surface area contributed by atoms with Crippen LogP contribution in [0.25, 0.3) is 0 Å². The Morgan fingerprint density at radius 3 is 2.94 bits per heavy atom. The van der Waals surface area contributed by atoms with Crippen molar-refractivity contribution in [2.24, 2.45) is 5.73 Å². The molecule has 3 atom stereocenters. The molecular weight excluding hydrogens is 230 g/mol. The van der Waals surface area contributed by atoms with Crippen LogP contribution in [0.2, 0.25) is 0 Å². The highest BCUT2D eigenvalue weighted by atomic mass is 16.4. The minimum absolute atomic E-state index is 0.200. The van der Waals surface area contributed by atoms with Gasteiger partial charge in [0.1, 0.15) is 0 Å². The van der Waals surface area contributed by atoms with Crippen molar-refractivity contribution >= 4 is 6.01 Å². The van der Waals surface area contributed by atoms with Crippen molar-refractivity contribution in [2.75, 3.05) is 24.5 Å². The maximum atomic E-state index is 5.75. The van der Waals surface area contributed by atoms with E-state index in [2.05, 4.69) is 26.9 Å². The van der Waals surface area contributed by atoms with E-state index in [0.29, 0.717) is 24.0 Å². The van der Waals surface area contributed by atoms with Crippen molar-refractivity contribution in [3.63, 3.8) is 0 Å². The average Bonchev–Trinajstić information content (AvgIpc) is 2.94. The number of hydrogen-bond acceptors (Lipinski definition) is 6. The van der Waals surface area contributed by atoms with Gasteiger partial charge >= 0.3 is 6.01 Å². The van der Waals surface area contributed by atoms with E-state index in [0.717, 1.165) is 13.1 Å². The zero-order valence-corrected chi connectivity index (χ0v) is 11.0. The molecule has 0 aromatic carbocycles. The monoisotopic (exact) mass is 251 g/mol. The fraction of sp³-hybridized carbons (Fsp3) is 0.833. The normalized spacial score (nSPS) is 30.5. The van der Waals surface area contributed by atoms with E-state index >= 15 is 0 Å². The van der Waals surface area contributed by atoms with Crippen LogP contribution in [-0.2, 0) is 0 Å². The van der Waals surface area contributed by atoms with Gasteiger partial charge in [0.2, 0.25) is 5.89 Å². The number of piperazine rings is 1. The standard InChI is InChI=1S/C12H21N5O/c1-8-6-16-5-3-4-10(16)7-17(8)12-15-14-11(18-12)9(2)13/h8-10H,3-7,13H2,1-2H3. The largest absolute Gasteiger partial charge is 0.406 e. The summed E-state index contributed by atoms with van der Waals surface area (Å²) in [4.78, 5) is 4.80. The summed E-state index contributed by atoms with van der Waals surface area (Å²) < 4.78 is 5.66. The minimum atomic E-state index is -0.200. The Balaban J connectivity index is 1.78. The Bertz CT molecular complexity index is 418. The Morgan fingerprint density at radius 2 is 2.22 bits per heavy atom. The van der Waals surface area contributed by atoms with Gasteiger partial charge in [-0.2, -0.15) is 0 Å². The van der Waals surface area contributed by atoms with Crippen molar-refractivity contribution in [3.8, 4) is 0 Å². The maximum Gasteiger partial charge on any atom is 0.318 e. The van der Waals surface area contributed by atoms with Gasteiger partial charge in [0.25, 0.3) is 0 Å². The van der Waals surface area contributed by atoms with Crippen LogP contribution in [-0.4, -0.2) is 46.8 Å². The molecule has 2 saturated heterocycles. The Hall–Kier alpha value is -1.14. The Kier molecular flexibility index (Phi) is 2.99. The van der Waals surface area contributed by atoms with Gasteiger partial charge in [0, 0.05) is 25.2 Å². The molecule has 3 rings (SSSR count). The van der Waals surface area contributed by atoms with Crippen LogP contribution in [0.5, 0.6) is 0 Å². The van der Waals surface area contributed by atoms with E-state index in [9.17, 15) is 0 Å². The van der Waals surface area contributed by atoms with Gasteiger partial charge in [-0.3, -0.25) is 4.90 Å². The van der Waals surface area contributed by atoms with E-state index in [4.69, 9.17) is 10.2 Å². The molecule has 0 bridgehead atoms. The molecule has 0 saturated carbocycles. The lowest BCUT2D eigenvalue weighted by Crippen LogP contribution is -2.55. The average molecular weight is 251 g/mol. The summed E-state index contributed by atoms with van der Waals surface area (Å²) in [5, 5.41) is 8.15. The van der Waals surface area contributed by atoms with Crippen molar-refractivity contribution in [2.45, 2.75) is 44.8 Å². The minimum Gasteiger partial charge on any atom is -0.406 e. The van der Waals surface area contributed by atoms with Crippen LogP contribution in [0.1, 0.15) is 38.6 Å². The summed E-state index contributed by atoms with van der Waals surface area (Å²) in [5.74, 6) is 0.519. The second-order valence-electron chi connectivity index (χ2n) is 5.50. The predicted molar refractivity (Wildman–Crippen MR) is 68.3 cm³/mol. The zero-order valence-electron chi connectivity index (χ0n) is 11.0. The topological polar surface area (TPSA) is 71.4 Å². The molecule has 2 aliphatic heterocycles.